The maximum Gasteiger partial charge on any atom is 0.235 e. The Morgan fingerprint density at radius 1 is 0.429 bits per heavy atom. The Bertz CT molecular complexity index is 3340. The van der Waals surface area contributed by atoms with Gasteiger partial charge in [-0.15, -0.1) is 11.3 Å². The van der Waals surface area contributed by atoms with Gasteiger partial charge in [0.2, 0.25) is 5.95 Å². The molecule has 7 aromatic carbocycles. The van der Waals surface area contributed by atoms with E-state index in [9.17, 15) is 0 Å². The predicted molar refractivity (Wildman–Crippen MR) is 207 cm³/mol. The highest BCUT2D eigenvalue weighted by molar-refractivity contribution is 7.26. The Hall–Kier alpha value is -6.30. The van der Waals surface area contributed by atoms with Crippen molar-refractivity contribution in [1.82, 2.24) is 18.9 Å². The zero-order valence-electron chi connectivity index (χ0n) is 26.1. The van der Waals surface area contributed by atoms with Crippen LogP contribution >= 0.6 is 11.3 Å². The van der Waals surface area contributed by atoms with E-state index in [2.05, 4.69) is 155 Å². The number of rotatable bonds is 2. The summed E-state index contributed by atoms with van der Waals surface area (Å²) in [6.45, 7) is 0. The van der Waals surface area contributed by atoms with Gasteiger partial charge in [-0.25, -0.2) is 9.97 Å². The van der Waals surface area contributed by atoms with Crippen LogP contribution in [-0.2, 0) is 0 Å². The number of hydrogen-bond acceptors (Lipinski definition) is 3. The lowest BCUT2D eigenvalue weighted by Gasteiger charge is -2.12. The molecule has 0 radical (unpaired) electrons. The molecule has 0 atom stereocenters. The first-order chi connectivity index (χ1) is 24.3. The molecule has 5 aromatic heterocycles. The molecule has 0 bridgehead atoms. The topological polar surface area (TPSA) is 35.1 Å². The Labute approximate surface area is 283 Å². The normalized spacial score (nSPS) is 12.5. The molecular weight excluding hydrogens is 617 g/mol. The quantitative estimate of drug-likeness (QED) is 0.188. The predicted octanol–water partition coefficient (Wildman–Crippen LogP) is 11.9. The van der Waals surface area contributed by atoms with Crippen molar-refractivity contribution in [2.24, 2.45) is 0 Å². The molecule has 5 heteroatoms. The van der Waals surface area contributed by atoms with Crippen LogP contribution in [0.2, 0.25) is 0 Å². The van der Waals surface area contributed by atoms with E-state index < -0.39 is 0 Å². The molecule has 0 aliphatic heterocycles. The summed E-state index contributed by atoms with van der Waals surface area (Å²) >= 11 is 1.84. The lowest BCUT2D eigenvalue weighted by Crippen LogP contribution is -2.03. The molecule has 0 saturated carbocycles. The first-order valence-electron chi connectivity index (χ1n) is 16.6. The number of nitrogens with zero attached hydrogens (tertiary/aromatic N) is 4. The summed E-state index contributed by atoms with van der Waals surface area (Å²) in [5, 5.41) is 11.1. The average molecular weight is 641 g/mol. The third-order valence-electron chi connectivity index (χ3n) is 10.5. The van der Waals surface area contributed by atoms with Gasteiger partial charge in [0.1, 0.15) is 0 Å². The fourth-order valence-electron chi connectivity index (χ4n) is 8.51. The molecule has 12 aromatic rings. The van der Waals surface area contributed by atoms with Crippen LogP contribution in [0, 0.1) is 0 Å². The van der Waals surface area contributed by atoms with Crippen LogP contribution in [0.1, 0.15) is 0 Å². The first kappa shape index (κ1) is 25.7. The van der Waals surface area contributed by atoms with Crippen molar-refractivity contribution >= 4 is 102 Å². The average Bonchev–Trinajstić information content (AvgIpc) is 3.79. The van der Waals surface area contributed by atoms with Crippen molar-refractivity contribution < 1.29 is 0 Å². The van der Waals surface area contributed by atoms with E-state index >= 15 is 0 Å². The van der Waals surface area contributed by atoms with Gasteiger partial charge in [0, 0.05) is 58.1 Å². The third-order valence-corrected chi connectivity index (χ3v) is 11.7. The Kier molecular flexibility index (Phi) is 4.83. The summed E-state index contributed by atoms with van der Waals surface area (Å²) in [7, 11) is 0. The molecular formula is C44H24N4S. The van der Waals surface area contributed by atoms with Gasteiger partial charge in [-0.05, 0) is 41.8 Å². The molecule has 0 unspecified atom stereocenters. The summed E-state index contributed by atoms with van der Waals surface area (Å²) in [5.74, 6) is 0.678. The molecule has 0 saturated heterocycles. The molecule has 0 N–H and O–H groups in total. The number of thiophene rings is 1. The second-order valence-electron chi connectivity index (χ2n) is 12.9. The maximum atomic E-state index is 5.51. The molecule has 12 rings (SSSR count). The SMILES string of the molecule is c1ccc2c(-c3cccc4c3sc3ccccc34)nc(-n3c4cccc5c6cccc7c8ccccc8n(c8cccc3c8c54)c67)nc2c1. The number of benzene rings is 7. The van der Waals surface area contributed by atoms with Crippen LogP contribution in [0.5, 0.6) is 0 Å². The van der Waals surface area contributed by atoms with Crippen molar-refractivity contribution in [2.75, 3.05) is 0 Å². The standard InChI is InChI=1S/C44H24N4S/c1-4-19-33-31(13-1)41(32-18-8-17-30-26-12-3-6-24-38(26)49-43(30)32)46-44(45-33)48-35-21-9-14-27-29-16-7-15-28-25-11-2-5-20-34(25)47(42(28)29)36-22-10-23-37(48)40(36)39(27)35/h1-24H. The Morgan fingerprint density at radius 2 is 1.04 bits per heavy atom. The fraction of sp³-hybridized carbons (Fsp3) is 0. The van der Waals surface area contributed by atoms with E-state index in [1.807, 2.05) is 11.3 Å². The van der Waals surface area contributed by atoms with Crippen molar-refractivity contribution in [3.05, 3.63) is 146 Å². The van der Waals surface area contributed by atoms with E-state index in [0.717, 1.165) is 33.2 Å². The van der Waals surface area contributed by atoms with E-state index in [1.165, 1.54) is 69.0 Å². The van der Waals surface area contributed by atoms with Crippen LogP contribution < -0.4 is 0 Å². The van der Waals surface area contributed by atoms with Gasteiger partial charge >= 0.3 is 0 Å². The smallest absolute Gasteiger partial charge is 0.235 e. The van der Waals surface area contributed by atoms with E-state index in [4.69, 9.17) is 9.97 Å². The molecule has 0 aliphatic carbocycles. The first-order valence-corrected chi connectivity index (χ1v) is 17.4. The van der Waals surface area contributed by atoms with Gasteiger partial charge in [-0.1, -0.05) is 109 Å². The van der Waals surface area contributed by atoms with Crippen molar-refractivity contribution in [3.63, 3.8) is 0 Å². The molecule has 0 fully saturated rings. The van der Waals surface area contributed by atoms with Crippen molar-refractivity contribution in [3.8, 4) is 17.2 Å². The molecule has 226 valence electrons. The van der Waals surface area contributed by atoms with Crippen LogP contribution in [-0.4, -0.2) is 18.9 Å². The highest BCUT2D eigenvalue weighted by Gasteiger charge is 2.24. The number of para-hydroxylation sites is 3. The Balaban J connectivity index is 1.26. The number of fused-ring (bicyclic) bond motifs is 9. The van der Waals surface area contributed by atoms with Gasteiger partial charge in [0.25, 0.3) is 0 Å². The second-order valence-corrected chi connectivity index (χ2v) is 14.0. The number of aromatic nitrogens is 4. The minimum absolute atomic E-state index is 0.678. The van der Waals surface area contributed by atoms with Crippen LogP contribution in [0.3, 0.4) is 0 Å². The van der Waals surface area contributed by atoms with Gasteiger partial charge in [-0.3, -0.25) is 4.57 Å². The highest BCUT2D eigenvalue weighted by atomic mass is 32.1. The molecule has 0 spiro atoms. The third kappa shape index (κ3) is 3.23. The lowest BCUT2D eigenvalue weighted by atomic mass is 10.0. The van der Waals surface area contributed by atoms with Gasteiger partial charge in [-0.2, -0.15) is 0 Å². The number of hydrogen-bond donors (Lipinski definition) is 0. The van der Waals surface area contributed by atoms with E-state index in [-0.39, 0.29) is 0 Å². The summed E-state index contributed by atoms with van der Waals surface area (Å²) in [6, 6.07) is 52.6. The minimum Gasteiger partial charge on any atom is -0.308 e. The second kappa shape index (κ2) is 9.19. The lowest BCUT2D eigenvalue weighted by molar-refractivity contribution is 1.01. The molecule has 4 nitrogen and oxygen atoms in total. The zero-order chi connectivity index (χ0) is 31.8. The van der Waals surface area contributed by atoms with Gasteiger partial charge < -0.3 is 4.40 Å². The van der Waals surface area contributed by atoms with E-state index in [1.54, 1.807) is 0 Å². The zero-order valence-corrected chi connectivity index (χ0v) is 26.9. The molecule has 0 amide bonds. The fourth-order valence-corrected chi connectivity index (χ4v) is 9.72. The summed E-state index contributed by atoms with van der Waals surface area (Å²) in [6.07, 6.45) is 0. The van der Waals surface area contributed by atoms with Crippen LogP contribution in [0.15, 0.2) is 146 Å². The van der Waals surface area contributed by atoms with Gasteiger partial charge in [0.15, 0.2) is 0 Å². The van der Waals surface area contributed by atoms with E-state index in [0.29, 0.717) is 5.95 Å². The van der Waals surface area contributed by atoms with Crippen molar-refractivity contribution in [2.45, 2.75) is 0 Å². The monoisotopic (exact) mass is 640 g/mol. The molecule has 5 heterocycles. The summed E-state index contributed by atoms with van der Waals surface area (Å²) < 4.78 is 7.29. The Morgan fingerprint density at radius 3 is 1.96 bits per heavy atom. The van der Waals surface area contributed by atoms with Crippen LogP contribution in [0.4, 0.5) is 0 Å². The maximum absolute atomic E-state index is 5.51. The molecule has 0 aliphatic rings. The molecule has 49 heavy (non-hydrogen) atoms. The van der Waals surface area contributed by atoms with Crippen LogP contribution in [0.25, 0.3) is 108 Å². The van der Waals surface area contributed by atoms with Gasteiger partial charge in [0.05, 0.1) is 38.8 Å². The highest BCUT2D eigenvalue weighted by Crippen LogP contribution is 2.45. The minimum atomic E-state index is 0.678. The van der Waals surface area contributed by atoms with Crippen molar-refractivity contribution in [1.29, 1.82) is 0 Å². The summed E-state index contributed by atoms with van der Waals surface area (Å²) in [4.78, 5) is 10.8. The summed E-state index contributed by atoms with van der Waals surface area (Å²) in [5.41, 5.74) is 8.87. The largest absolute Gasteiger partial charge is 0.308 e.